The van der Waals surface area contributed by atoms with Crippen LogP contribution in [0.25, 0.3) is 233 Å². The van der Waals surface area contributed by atoms with Gasteiger partial charge in [-0.25, -0.2) is 77.2 Å². The van der Waals surface area contributed by atoms with E-state index in [1.807, 2.05) is 212 Å². The average molecular weight is 1740 g/mol. The van der Waals surface area contributed by atoms with Crippen molar-refractivity contribution in [2.75, 3.05) is 0 Å². The summed E-state index contributed by atoms with van der Waals surface area (Å²) in [5.74, 6) is 3.46. The van der Waals surface area contributed by atoms with E-state index in [0.717, 1.165) is 184 Å². The molecule has 636 valence electrons. The topological polar surface area (TPSA) is 265 Å². The van der Waals surface area contributed by atoms with Crippen molar-refractivity contribution < 1.29 is 0 Å². The van der Waals surface area contributed by atoms with E-state index in [1.165, 1.54) is 60.9 Å². The third-order valence-corrected chi connectivity index (χ3v) is 24.8. The van der Waals surface area contributed by atoms with E-state index in [-0.39, 0.29) is 5.69 Å². The van der Waals surface area contributed by atoms with Gasteiger partial charge in [0, 0.05) is 62.5 Å². The minimum absolute atomic E-state index is 0.155. The van der Waals surface area contributed by atoms with E-state index < -0.39 is 0 Å². The lowest BCUT2D eigenvalue weighted by Crippen LogP contribution is -2.15. The van der Waals surface area contributed by atoms with Crippen LogP contribution in [0.1, 0.15) is 17.0 Å². The van der Waals surface area contributed by atoms with Gasteiger partial charge in [-0.15, -0.1) is 0 Å². The minimum Gasteiger partial charge on any atom is -0.338 e. The van der Waals surface area contributed by atoms with E-state index in [9.17, 15) is 4.79 Å². The molecular weight excluding hydrogens is 1670 g/mol. The highest BCUT2D eigenvalue weighted by atomic mass is 16.1. The van der Waals surface area contributed by atoms with E-state index in [2.05, 4.69) is 243 Å². The second-order valence-electron chi connectivity index (χ2n) is 32.9. The summed E-state index contributed by atoms with van der Waals surface area (Å²) in [6.45, 7) is 0. The zero-order chi connectivity index (χ0) is 89.4. The largest absolute Gasteiger partial charge is 0.338 e. The number of benzene rings is 15. The number of para-hydroxylation sites is 15. The number of hydrogen-bond donors (Lipinski definition) is 4. The lowest BCUT2D eigenvalue weighted by Gasteiger charge is -2.05. The first-order valence-electron chi connectivity index (χ1n) is 44.3. The zero-order valence-corrected chi connectivity index (χ0v) is 71.9. The number of rotatable bonds is 3. The Morgan fingerprint density at radius 2 is 0.659 bits per heavy atom. The SMILES string of the molecule is C1=C(c2nc3ccccc3[nH]2)Cc2ccccc21.O=c1[nH]c2ccccc2c2nc3ccccc3n12.c1cc2c3c(cccc3c1)-c1nc3ccccc3nc1-2.c1ccc(-c2ccc(-c3ccccc3)cc2)cc1.c1ccc2c(c1)[nH]c1nc3ccncc3nc12.c1ccc2c(c1)[nH]c1nc3cnccc3nc12.c1ccc2c(c1)nc1n2c2nc3ccccc3n2c2nc3ccccc3n12. The number of imidazole rings is 5. The second kappa shape index (κ2) is 33.0. The van der Waals surface area contributed by atoms with E-state index in [4.69, 9.17) is 24.9 Å². The first-order valence-corrected chi connectivity index (χ1v) is 44.3. The number of hydrogen-bond acceptors (Lipinski definition) is 14. The number of nitrogens with zero attached hydrogens (tertiary/aromatic N) is 17. The summed E-state index contributed by atoms with van der Waals surface area (Å²) in [4.78, 5) is 85.0. The zero-order valence-electron chi connectivity index (χ0n) is 71.9. The maximum atomic E-state index is 12.1. The van der Waals surface area contributed by atoms with Crippen LogP contribution in [0.15, 0.2) is 406 Å². The van der Waals surface area contributed by atoms with Gasteiger partial charge in [0.05, 0.1) is 107 Å². The quantitative estimate of drug-likeness (QED) is 0.128. The van der Waals surface area contributed by atoms with Crippen molar-refractivity contribution in [3.05, 3.63) is 428 Å². The van der Waals surface area contributed by atoms with E-state index in [1.54, 1.807) is 29.2 Å². The predicted molar refractivity (Wildman–Crippen MR) is 542 cm³/mol. The number of H-pyrrole nitrogens is 4. The molecule has 0 aliphatic heterocycles. The summed E-state index contributed by atoms with van der Waals surface area (Å²) in [6, 6.07) is 127. The molecule has 0 unspecified atom stereocenters. The molecule has 31 rings (SSSR count). The standard InChI is InChI=1S/C21H12N6.C18H10N2.C18H14.C16H12N2.C14H9N3O.2C13H8N4/c1-4-10-16-13(7-1)22-19-25(16)20-23-15-9-3-6-12-18(15)27(20)21-24-14-8-2-5-11-17(14)26(19)21;1-2-10-15-14(9-1)19-17-12-7-3-5-11-6-4-8-13(16(11)12)18(17)20-15;1-3-7-15(8-4-1)17-11-13-18(14-12-17)16-9-5-2-6-10-16;1-2-6-12-10-13(9-11(12)5-1)16-17-14-7-3-4-8-15(14)18-16;18-14-16-10-6-2-1-5-9(10)13-15-11-7-3-4-8-12(11)17(13)14;1-2-4-9-8(3-1)12-13(16-9)17-10-5-6-14-7-11(10)15-12;1-2-4-9-8(3-1)12-13(16-9)17-11-7-14-6-5-10(11)15-12/h1-12H;1-10H;1-14H;1-9H,10H2,(H,17,18);1-8H,(H,16,18);2*1-7H,(H,16,17). The van der Waals surface area contributed by atoms with Gasteiger partial charge >= 0.3 is 5.69 Å². The summed E-state index contributed by atoms with van der Waals surface area (Å²) >= 11 is 0. The van der Waals surface area contributed by atoms with Crippen LogP contribution in [-0.2, 0) is 6.42 Å². The minimum atomic E-state index is -0.155. The lowest BCUT2D eigenvalue weighted by molar-refractivity contribution is 1.01. The molecule has 0 saturated carbocycles. The smallest absolute Gasteiger partial charge is 0.332 e. The highest BCUT2D eigenvalue weighted by Crippen LogP contribution is 2.46. The Hall–Kier alpha value is -19.0. The van der Waals surface area contributed by atoms with Crippen molar-refractivity contribution in [1.82, 2.24) is 102 Å². The highest BCUT2D eigenvalue weighted by Gasteiger charge is 2.26. The van der Waals surface area contributed by atoms with Gasteiger partial charge in [0.15, 0.2) is 16.9 Å². The predicted octanol–water partition coefficient (Wildman–Crippen LogP) is 24.8. The lowest BCUT2D eigenvalue weighted by atomic mass is 10.0. The Bertz CT molecular complexity index is 9260. The molecule has 15 aromatic carbocycles. The van der Waals surface area contributed by atoms with Crippen molar-refractivity contribution in [3.63, 3.8) is 0 Å². The fourth-order valence-corrected chi connectivity index (χ4v) is 18.4. The molecule has 0 radical (unpaired) electrons. The summed E-state index contributed by atoms with van der Waals surface area (Å²) in [5, 5.41) is 5.69. The van der Waals surface area contributed by atoms with Crippen molar-refractivity contribution in [3.8, 4) is 44.8 Å². The first kappa shape index (κ1) is 78.3. The normalized spacial score (nSPS) is 11.9. The molecule has 2 aliphatic carbocycles. The van der Waals surface area contributed by atoms with Gasteiger partial charge in [-0.3, -0.25) is 9.97 Å². The molecule has 22 heteroatoms. The van der Waals surface area contributed by atoms with E-state index in [0.29, 0.717) is 5.65 Å². The summed E-state index contributed by atoms with van der Waals surface area (Å²) in [6.07, 6.45) is 10.1. The molecule has 14 heterocycles. The van der Waals surface area contributed by atoms with Crippen LogP contribution in [0.3, 0.4) is 0 Å². The van der Waals surface area contributed by atoms with Gasteiger partial charge in [-0.2, -0.15) is 0 Å². The number of fused-ring (bicyclic) bond motifs is 31. The maximum Gasteiger partial charge on any atom is 0.332 e. The average Bonchev–Trinajstić information content (AvgIpc) is 1.53. The fourth-order valence-electron chi connectivity index (χ4n) is 18.4. The molecule has 22 nitrogen and oxygen atoms in total. The molecule has 14 aromatic heterocycles. The molecule has 135 heavy (non-hydrogen) atoms. The molecule has 0 spiro atoms. The summed E-state index contributed by atoms with van der Waals surface area (Å²) in [5.41, 5.74) is 35.4. The van der Waals surface area contributed by atoms with Gasteiger partial charge in [-0.05, 0) is 160 Å². The van der Waals surface area contributed by atoms with Gasteiger partial charge in [0.1, 0.15) is 27.9 Å². The molecular formula is C113H73N21O. The van der Waals surface area contributed by atoms with Crippen molar-refractivity contribution in [2.24, 2.45) is 0 Å². The molecule has 0 saturated heterocycles. The maximum absolute atomic E-state index is 12.1. The molecule has 0 amide bonds. The third-order valence-electron chi connectivity index (χ3n) is 24.8. The molecule has 0 fully saturated rings. The Balaban J connectivity index is 0.0000000846. The van der Waals surface area contributed by atoms with Crippen LogP contribution in [0.5, 0.6) is 0 Å². The van der Waals surface area contributed by atoms with Crippen LogP contribution < -0.4 is 5.69 Å². The van der Waals surface area contributed by atoms with Crippen molar-refractivity contribution in [2.45, 2.75) is 6.42 Å². The van der Waals surface area contributed by atoms with Crippen molar-refractivity contribution >= 4 is 189 Å². The monoisotopic (exact) mass is 1740 g/mol. The summed E-state index contributed by atoms with van der Waals surface area (Å²) in [7, 11) is 0. The number of nitrogens with one attached hydrogen (secondary N) is 4. The number of pyridine rings is 2. The van der Waals surface area contributed by atoms with Crippen LogP contribution in [0.4, 0.5) is 0 Å². The van der Waals surface area contributed by atoms with Crippen molar-refractivity contribution in [1.29, 1.82) is 0 Å². The molecule has 0 atom stereocenters. The Kier molecular flexibility index (Phi) is 19.1. The number of aromatic nitrogens is 21. The van der Waals surface area contributed by atoms with Gasteiger partial charge < -0.3 is 19.9 Å². The number of allylic oxidation sites excluding steroid dienone is 1. The van der Waals surface area contributed by atoms with E-state index >= 15 is 0 Å². The van der Waals surface area contributed by atoms with Gasteiger partial charge in [0.25, 0.3) is 0 Å². The van der Waals surface area contributed by atoms with Crippen LogP contribution >= 0.6 is 0 Å². The Morgan fingerprint density at radius 1 is 0.267 bits per heavy atom. The second-order valence-corrected chi connectivity index (χ2v) is 32.9. The third kappa shape index (κ3) is 14.1. The van der Waals surface area contributed by atoms with Crippen LogP contribution in [-0.4, -0.2) is 102 Å². The number of aromatic amines is 4. The molecule has 29 aromatic rings. The fraction of sp³-hybridized carbons (Fsp3) is 0.00885. The van der Waals surface area contributed by atoms with Gasteiger partial charge in [0.2, 0.25) is 17.3 Å². The molecule has 0 bridgehead atoms. The Morgan fingerprint density at radius 3 is 1.18 bits per heavy atom. The summed E-state index contributed by atoms with van der Waals surface area (Å²) < 4.78 is 7.99. The highest BCUT2D eigenvalue weighted by molar-refractivity contribution is 6.14. The molecule has 2 aliphatic rings. The first-order chi connectivity index (χ1) is 66.8. The van der Waals surface area contributed by atoms with Crippen LogP contribution in [0.2, 0.25) is 0 Å². The van der Waals surface area contributed by atoms with Gasteiger partial charge in [-0.1, -0.05) is 267 Å². The molecule has 4 N–H and O–H groups in total. The van der Waals surface area contributed by atoms with Crippen LogP contribution in [0, 0.1) is 0 Å². The Labute approximate surface area is 765 Å².